The zero-order valence-electron chi connectivity index (χ0n) is 10.7. The smallest absolute Gasteiger partial charge is 0.0700 e. The van der Waals surface area contributed by atoms with E-state index in [1.165, 1.54) is 26.1 Å². The summed E-state index contributed by atoms with van der Waals surface area (Å²) in [4.78, 5) is 2.54. The van der Waals surface area contributed by atoms with Crippen molar-refractivity contribution in [1.29, 1.82) is 0 Å². The van der Waals surface area contributed by atoms with Crippen LogP contribution in [0.4, 0.5) is 0 Å². The Morgan fingerprint density at radius 2 is 2.12 bits per heavy atom. The van der Waals surface area contributed by atoms with Crippen LogP contribution in [0.1, 0.15) is 19.8 Å². The molecule has 1 N–H and O–H groups in total. The average molecular weight is 230 g/mol. The van der Waals surface area contributed by atoms with Crippen molar-refractivity contribution >= 4 is 0 Å². The summed E-state index contributed by atoms with van der Waals surface area (Å²) in [6.07, 6.45) is 2.39. The monoisotopic (exact) mass is 230 g/mol. The van der Waals surface area contributed by atoms with E-state index in [2.05, 4.69) is 17.1 Å². The van der Waals surface area contributed by atoms with Crippen LogP contribution in [-0.4, -0.2) is 64.1 Å². The minimum absolute atomic E-state index is 0.645. The molecule has 0 amide bonds. The molecule has 16 heavy (non-hydrogen) atoms. The van der Waals surface area contributed by atoms with Crippen LogP contribution in [0.25, 0.3) is 0 Å². The van der Waals surface area contributed by atoms with E-state index in [1.807, 2.05) is 0 Å². The molecular formula is C12H26N2O2. The molecule has 96 valence electrons. The Labute approximate surface area is 99.3 Å². The highest BCUT2D eigenvalue weighted by molar-refractivity contribution is 4.74. The molecular weight excluding hydrogens is 204 g/mol. The Kier molecular flexibility index (Phi) is 7.76. The molecule has 0 bridgehead atoms. The summed E-state index contributed by atoms with van der Waals surface area (Å²) in [5.74, 6) is 0. The van der Waals surface area contributed by atoms with Crippen molar-refractivity contribution in [1.82, 2.24) is 10.2 Å². The van der Waals surface area contributed by atoms with Crippen LogP contribution in [0.15, 0.2) is 0 Å². The van der Waals surface area contributed by atoms with Crippen LogP contribution in [0.2, 0.25) is 0 Å². The zero-order chi connectivity index (χ0) is 11.6. The first-order valence-electron chi connectivity index (χ1n) is 6.35. The van der Waals surface area contributed by atoms with E-state index in [4.69, 9.17) is 9.47 Å². The van der Waals surface area contributed by atoms with Crippen molar-refractivity contribution < 1.29 is 9.47 Å². The number of unbranched alkanes of at least 4 members (excludes halogenated alkanes) is 1. The first-order chi connectivity index (χ1) is 7.83. The van der Waals surface area contributed by atoms with Crippen molar-refractivity contribution in [2.75, 3.05) is 53.1 Å². The minimum atomic E-state index is 0.645. The summed E-state index contributed by atoms with van der Waals surface area (Å²) in [5.41, 5.74) is 0. The molecule has 1 aliphatic rings. The number of rotatable bonds is 8. The van der Waals surface area contributed by atoms with Gasteiger partial charge in [0.2, 0.25) is 0 Å². The molecule has 4 heteroatoms. The fourth-order valence-corrected chi connectivity index (χ4v) is 2.00. The molecule has 0 aromatic rings. The summed E-state index contributed by atoms with van der Waals surface area (Å²) in [6.45, 7) is 9.26. The highest BCUT2D eigenvalue weighted by Crippen LogP contribution is 2.01. The zero-order valence-corrected chi connectivity index (χ0v) is 10.7. The van der Waals surface area contributed by atoms with Crippen LogP contribution >= 0.6 is 0 Å². The normalized spacial score (nSPS) is 22.5. The molecule has 1 rings (SSSR count). The molecule has 0 aromatic carbocycles. The van der Waals surface area contributed by atoms with E-state index < -0.39 is 0 Å². The Morgan fingerprint density at radius 1 is 1.25 bits per heavy atom. The lowest BCUT2D eigenvalue weighted by Gasteiger charge is -2.31. The molecule has 1 heterocycles. The summed E-state index contributed by atoms with van der Waals surface area (Å²) < 4.78 is 10.3. The van der Waals surface area contributed by atoms with Crippen LogP contribution in [-0.2, 0) is 9.47 Å². The number of nitrogens with one attached hydrogen (secondary N) is 1. The van der Waals surface area contributed by atoms with E-state index >= 15 is 0 Å². The van der Waals surface area contributed by atoms with E-state index in [1.54, 1.807) is 7.11 Å². The van der Waals surface area contributed by atoms with Crippen LogP contribution in [0.5, 0.6) is 0 Å². The molecule has 0 saturated carbocycles. The van der Waals surface area contributed by atoms with Crippen molar-refractivity contribution in [3.63, 3.8) is 0 Å². The molecule has 4 nitrogen and oxygen atoms in total. The number of methoxy groups -OCH3 is 1. The van der Waals surface area contributed by atoms with Gasteiger partial charge in [-0.1, -0.05) is 0 Å². The van der Waals surface area contributed by atoms with Gasteiger partial charge in [0.25, 0.3) is 0 Å². The molecule has 1 atom stereocenters. The van der Waals surface area contributed by atoms with E-state index in [-0.39, 0.29) is 0 Å². The predicted molar refractivity (Wildman–Crippen MR) is 65.8 cm³/mol. The van der Waals surface area contributed by atoms with Crippen molar-refractivity contribution in [3.05, 3.63) is 0 Å². The Balaban J connectivity index is 1.86. The van der Waals surface area contributed by atoms with Gasteiger partial charge in [0.15, 0.2) is 0 Å². The lowest BCUT2D eigenvalue weighted by molar-refractivity contribution is 0.0672. The molecule has 0 spiro atoms. The quantitative estimate of drug-likeness (QED) is 0.623. The van der Waals surface area contributed by atoms with Gasteiger partial charge < -0.3 is 19.7 Å². The predicted octanol–water partition coefficient (Wildman–Crippen LogP) is 0.723. The summed E-state index contributed by atoms with van der Waals surface area (Å²) in [7, 11) is 1.70. The summed E-state index contributed by atoms with van der Waals surface area (Å²) in [6, 6.07) is 0.645. The van der Waals surface area contributed by atoms with Gasteiger partial charge in [-0.25, -0.2) is 0 Å². The number of hydrogen-bond donors (Lipinski definition) is 1. The van der Waals surface area contributed by atoms with Crippen LogP contribution < -0.4 is 5.32 Å². The SMILES string of the molecule is COCCOCCCCN1CCNC(C)C1. The number of nitrogens with zero attached hydrogens (tertiary/aromatic N) is 1. The first-order valence-corrected chi connectivity index (χ1v) is 6.35. The first kappa shape index (κ1) is 13.9. The van der Waals surface area contributed by atoms with Crippen LogP contribution in [0, 0.1) is 0 Å². The van der Waals surface area contributed by atoms with E-state index in [0.717, 1.165) is 26.2 Å². The van der Waals surface area contributed by atoms with Gasteiger partial charge in [-0.15, -0.1) is 0 Å². The van der Waals surface area contributed by atoms with Gasteiger partial charge in [-0.2, -0.15) is 0 Å². The lowest BCUT2D eigenvalue weighted by atomic mass is 10.2. The van der Waals surface area contributed by atoms with Gasteiger partial charge >= 0.3 is 0 Å². The maximum absolute atomic E-state index is 5.43. The van der Waals surface area contributed by atoms with Crippen molar-refractivity contribution in [2.24, 2.45) is 0 Å². The molecule has 1 unspecified atom stereocenters. The summed E-state index contributed by atoms with van der Waals surface area (Å²) >= 11 is 0. The van der Waals surface area contributed by atoms with Crippen molar-refractivity contribution in [2.45, 2.75) is 25.8 Å². The highest BCUT2D eigenvalue weighted by atomic mass is 16.5. The van der Waals surface area contributed by atoms with Crippen molar-refractivity contribution in [3.8, 4) is 0 Å². The molecule has 1 saturated heterocycles. The van der Waals surface area contributed by atoms with Gasteiger partial charge in [0.05, 0.1) is 13.2 Å². The standard InChI is InChI=1S/C12H26N2O2/c1-12-11-14(7-5-13-12)6-3-4-8-16-10-9-15-2/h12-13H,3-11H2,1-2H3. The van der Waals surface area contributed by atoms with Gasteiger partial charge in [-0.3, -0.25) is 0 Å². The third kappa shape index (κ3) is 6.43. The maximum Gasteiger partial charge on any atom is 0.0700 e. The highest BCUT2D eigenvalue weighted by Gasteiger charge is 2.14. The molecule has 1 aliphatic heterocycles. The molecule has 0 aromatic heterocycles. The Hall–Kier alpha value is -0.160. The third-order valence-electron chi connectivity index (χ3n) is 2.90. The summed E-state index contributed by atoms with van der Waals surface area (Å²) in [5, 5.41) is 3.46. The Morgan fingerprint density at radius 3 is 2.88 bits per heavy atom. The molecule has 0 radical (unpaired) electrons. The van der Waals surface area contributed by atoms with E-state index in [0.29, 0.717) is 12.6 Å². The third-order valence-corrected chi connectivity index (χ3v) is 2.90. The van der Waals surface area contributed by atoms with Gasteiger partial charge in [0, 0.05) is 39.4 Å². The topological polar surface area (TPSA) is 33.7 Å². The van der Waals surface area contributed by atoms with Gasteiger partial charge in [-0.05, 0) is 26.3 Å². The van der Waals surface area contributed by atoms with Crippen LogP contribution in [0.3, 0.4) is 0 Å². The fraction of sp³-hybridized carbons (Fsp3) is 1.00. The second-order valence-electron chi connectivity index (χ2n) is 4.47. The van der Waals surface area contributed by atoms with E-state index in [9.17, 15) is 0 Å². The maximum atomic E-state index is 5.43. The number of piperazine rings is 1. The Bertz CT molecular complexity index is 167. The minimum Gasteiger partial charge on any atom is -0.382 e. The number of hydrogen-bond acceptors (Lipinski definition) is 4. The molecule has 0 aliphatic carbocycles. The second-order valence-corrected chi connectivity index (χ2v) is 4.47. The number of ether oxygens (including phenoxy) is 2. The average Bonchev–Trinajstić information content (AvgIpc) is 2.28. The fourth-order valence-electron chi connectivity index (χ4n) is 2.00. The molecule has 1 fully saturated rings. The largest absolute Gasteiger partial charge is 0.382 e. The second kappa shape index (κ2) is 8.93. The lowest BCUT2D eigenvalue weighted by Crippen LogP contribution is -2.49. The van der Waals surface area contributed by atoms with Gasteiger partial charge in [0.1, 0.15) is 0 Å².